The van der Waals surface area contributed by atoms with Crippen LogP contribution in [0.2, 0.25) is 0 Å². The van der Waals surface area contributed by atoms with Crippen LogP contribution in [-0.4, -0.2) is 52.2 Å². The van der Waals surface area contributed by atoms with E-state index in [9.17, 15) is 13.2 Å². The Morgan fingerprint density at radius 2 is 1.67 bits per heavy atom. The van der Waals surface area contributed by atoms with Crippen LogP contribution >= 0.6 is 0 Å². The van der Waals surface area contributed by atoms with E-state index in [1.807, 2.05) is 12.1 Å². The van der Waals surface area contributed by atoms with Gasteiger partial charge in [0.1, 0.15) is 5.75 Å². The van der Waals surface area contributed by atoms with Gasteiger partial charge in [-0.15, -0.1) is 0 Å². The molecule has 2 aromatic carbocycles. The fourth-order valence-corrected chi connectivity index (χ4v) is 4.66. The van der Waals surface area contributed by atoms with E-state index in [1.54, 1.807) is 31.4 Å². The van der Waals surface area contributed by atoms with Crippen LogP contribution in [0.25, 0.3) is 0 Å². The molecular weight excluding hydrogens is 400 g/mol. The number of amides is 1. The third-order valence-electron chi connectivity index (χ3n) is 5.43. The minimum Gasteiger partial charge on any atom is -0.497 e. The number of methoxy groups -OCH3 is 1. The predicted molar refractivity (Wildman–Crippen MR) is 118 cm³/mol. The maximum Gasteiger partial charge on any atom is 0.251 e. The molecule has 2 aromatic rings. The summed E-state index contributed by atoms with van der Waals surface area (Å²) in [5.41, 5.74) is 2.36. The molecule has 0 saturated carbocycles. The standard InChI is InChI=1S/C23H30N2O4S/c1-29-21-12-10-19(11-13-21)22(25-14-4-3-5-15-25)16-24-23(26)20-8-6-18(7-9-20)17-30(2,27)28/h6-13,22H,3-5,14-17H2,1-2H3,(H,24,26)/t22-/m0/s1. The van der Waals surface area contributed by atoms with E-state index >= 15 is 0 Å². The first-order valence-electron chi connectivity index (χ1n) is 10.3. The van der Waals surface area contributed by atoms with Gasteiger partial charge in [0.2, 0.25) is 0 Å². The van der Waals surface area contributed by atoms with Gasteiger partial charge in [0.05, 0.1) is 18.9 Å². The lowest BCUT2D eigenvalue weighted by Gasteiger charge is -2.35. The Morgan fingerprint density at radius 1 is 1.03 bits per heavy atom. The average Bonchev–Trinajstić information content (AvgIpc) is 2.74. The van der Waals surface area contributed by atoms with Crippen LogP contribution in [0.1, 0.15) is 46.8 Å². The first kappa shape index (κ1) is 22.3. The van der Waals surface area contributed by atoms with Crippen molar-refractivity contribution in [3.63, 3.8) is 0 Å². The predicted octanol–water partition coefficient (Wildman–Crippen LogP) is 3.20. The van der Waals surface area contributed by atoms with Crippen LogP contribution in [0, 0.1) is 0 Å². The third-order valence-corrected chi connectivity index (χ3v) is 6.29. The highest BCUT2D eigenvalue weighted by atomic mass is 32.2. The van der Waals surface area contributed by atoms with Crippen molar-refractivity contribution >= 4 is 15.7 Å². The lowest BCUT2D eigenvalue weighted by atomic mass is 10.0. The molecule has 0 bridgehead atoms. The summed E-state index contributed by atoms with van der Waals surface area (Å²) < 4.78 is 28.1. The number of rotatable bonds is 8. The van der Waals surface area contributed by atoms with Gasteiger partial charge in [0.15, 0.2) is 9.84 Å². The zero-order valence-electron chi connectivity index (χ0n) is 17.6. The van der Waals surface area contributed by atoms with Crippen molar-refractivity contribution in [1.29, 1.82) is 0 Å². The number of likely N-dealkylation sites (tertiary alicyclic amines) is 1. The van der Waals surface area contributed by atoms with Crippen LogP contribution in [0.3, 0.4) is 0 Å². The summed E-state index contributed by atoms with van der Waals surface area (Å²) in [6, 6.07) is 14.9. The fourth-order valence-electron chi connectivity index (χ4n) is 3.86. The van der Waals surface area contributed by atoms with Crippen molar-refractivity contribution in [3.8, 4) is 5.75 Å². The number of carbonyl (C=O) groups is 1. The molecule has 3 rings (SSSR count). The van der Waals surface area contributed by atoms with E-state index in [1.165, 1.54) is 25.5 Å². The van der Waals surface area contributed by atoms with Gasteiger partial charge in [-0.2, -0.15) is 0 Å². The molecule has 1 aliphatic rings. The van der Waals surface area contributed by atoms with E-state index < -0.39 is 9.84 Å². The Morgan fingerprint density at radius 3 is 2.23 bits per heavy atom. The van der Waals surface area contributed by atoms with Crippen LogP contribution in [0.4, 0.5) is 0 Å². The number of carbonyl (C=O) groups excluding carboxylic acids is 1. The first-order chi connectivity index (χ1) is 14.4. The molecule has 1 fully saturated rings. The highest BCUT2D eigenvalue weighted by Crippen LogP contribution is 2.26. The Hall–Kier alpha value is -2.38. The number of hydrogen-bond acceptors (Lipinski definition) is 5. The summed E-state index contributed by atoms with van der Waals surface area (Å²) in [5.74, 6) is 0.634. The van der Waals surface area contributed by atoms with E-state index in [4.69, 9.17) is 4.74 Å². The second-order valence-corrected chi connectivity index (χ2v) is 10.0. The monoisotopic (exact) mass is 430 g/mol. The summed E-state index contributed by atoms with van der Waals surface area (Å²) in [6.07, 6.45) is 4.79. The molecule has 1 aliphatic heterocycles. The number of sulfone groups is 1. The van der Waals surface area contributed by atoms with Crippen molar-refractivity contribution in [1.82, 2.24) is 10.2 Å². The Labute approximate surface area is 179 Å². The highest BCUT2D eigenvalue weighted by Gasteiger charge is 2.23. The third kappa shape index (κ3) is 6.31. The van der Waals surface area contributed by atoms with Gasteiger partial charge in [-0.3, -0.25) is 9.69 Å². The number of benzene rings is 2. The van der Waals surface area contributed by atoms with Gasteiger partial charge >= 0.3 is 0 Å². The first-order valence-corrected chi connectivity index (χ1v) is 12.3. The van der Waals surface area contributed by atoms with E-state index in [0.717, 1.165) is 24.4 Å². The molecule has 0 spiro atoms. The zero-order chi connectivity index (χ0) is 21.6. The molecule has 1 heterocycles. The van der Waals surface area contributed by atoms with Crippen molar-refractivity contribution in [3.05, 3.63) is 65.2 Å². The molecule has 30 heavy (non-hydrogen) atoms. The molecule has 7 heteroatoms. The van der Waals surface area contributed by atoms with Gasteiger partial charge in [-0.05, 0) is 61.3 Å². The number of nitrogens with one attached hydrogen (secondary N) is 1. The number of nitrogens with zero attached hydrogens (tertiary/aromatic N) is 1. The molecular formula is C23H30N2O4S. The molecule has 1 atom stereocenters. The Balaban J connectivity index is 1.68. The van der Waals surface area contributed by atoms with Gasteiger partial charge in [-0.25, -0.2) is 8.42 Å². The Bertz CT molecular complexity index is 934. The smallest absolute Gasteiger partial charge is 0.251 e. The molecule has 1 saturated heterocycles. The highest BCUT2D eigenvalue weighted by molar-refractivity contribution is 7.89. The molecule has 0 aromatic heterocycles. The number of ether oxygens (including phenoxy) is 1. The summed E-state index contributed by atoms with van der Waals surface area (Å²) in [7, 11) is -1.44. The van der Waals surface area contributed by atoms with Gasteiger partial charge < -0.3 is 10.1 Å². The van der Waals surface area contributed by atoms with Crippen LogP contribution in [0.15, 0.2) is 48.5 Å². The van der Waals surface area contributed by atoms with Crippen LogP contribution in [-0.2, 0) is 15.6 Å². The maximum absolute atomic E-state index is 12.7. The molecule has 1 amide bonds. The molecule has 0 aliphatic carbocycles. The summed E-state index contributed by atoms with van der Waals surface area (Å²) in [5, 5.41) is 3.06. The molecule has 0 unspecified atom stereocenters. The van der Waals surface area contributed by atoms with Crippen LogP contribution in [0.5, 0.6) is 5.75 Å². The van der Waals surface area contributed by atoms with E-state index in [-0.39, 0.29) is 17.7 Å². The summed E-state index contributed by atoms with van der Waals surface area (Å²) in [4.78, 5) is 15.1. The normalized spacial score (nSPS) is 16.1. The van der Waals surface area contributed by atoms with Crippen molar-refractivity contribution in [2.45, 2.75) is 31.1 Å². The summed E-state index contributed by atoms with van der Waals surface area (Å²) >= 11 is 0. The maximum atomic E-state index is 12.7. The lowest BCUT2D eigenvalue weighted by molar-refractivity contribution is 0.0924. The van der Waals surface area contributed by atoms with Gasteiger partial charge in [0, 0.05) is 18.4 Å². The quantitative estimate of drug-likeness (QED) is 0.696. The topological polar surface area (TPSA) is 75.7 Å². The molecule has 0 radical (unpaired) electrons. The number of hydrogen-bond donors (Lipinski definition) is 1. The molecule has 162 valence electrons. The molecule has 1 N–H and O–H groups in total. The SMILES string of the molecule is COc1ccc([C@H](CNC(=O)c2ccc(CS(C)(=O)=O)cc2)N2CCCCC2)cc1. The zero-order valence-corrected chi connectivity index (χ0v) is 18.5. The van der Waals surface area contributed by atoms with E-state index in [0.29, 0.717) is 17.7 Å². The average molecular weight is 431 g/mol. The van der Waals surface area contributed by atoms with Gasteiger partial charge in [0.25, 0.3) is 5.91 Å². The summed E-state index contributed by atoms with van der Waals surface area (Å²) in [6.45, 7) is 2.55. The van der Waals surface area contributed by atoms with Crippen molar-refractivity contribution in [2.75, 3.05) is 33.0 Å². The molecule has 6 nitrogen and oxygen atoms in total. The second kappa shape index (κ2) is 10.1. The lowest BCUT2D eigenvalue weighted by Crippen LogP contribution is -2.40. The number of piperidine rings is 1. The van der Waals surface area contributed by atoms with E-state index in [2.05, 4.69) is 22.3 Å². The minimum absolute atomic E-state index is 0.0244. The van der Waals surface area contributed by atoms with Crippen molar-refractivity contribution in [2.24, 2.45) is 0 Å². The fraction of sp³-hybridized carbons (Fsp3) is 0.435. The minimum atomic E-state index is -3.09. The Kier molecular flexibility index (Phi) is 7.50. The van der Waals surface area contributed by atoms with Crippen LogP contribution < -0.4 is 10.1 Å². The largest absolute Gasteiger partial charge is 0.497 e. The van der Waals surface area contributed by atoms with Gasteiger partial charge in [-0.1, -0.05) is 30.7 Å². The van der Waals surface area contributed by atoms with Crippen molar-refractivity contribution < 1.29 is 17.9 Å². The second-order valence-electron chi connectivity index (χ2n) is 7.86.